The van der Waals surface area contributed by atoms with Gasteiger partial charge in [-0.05, 0) is 24.6 Å². The van der Waals surface area contributed by atoms with Gasteiger partial charge >= 0.3 is 5.97 Å². The first-order valence-corrected chi connectivity index (χ1v) is 8.82. The van der Waals surface area contributed by atoms with Crippen molar-refractivity contribution in [2.24, 2.45) is 0 Å². The minimum absolute atomic E-state index is 0.0478. The van der Waals surface area contributed by atoms with Gasteiger partial charge in [-0.2, -0.15) is 5.26 Å². The SMILES string of the molecule is N#C[C@]1(c2ccc(Cl)cc2F)CCN(CC(=O)O)[C@@H]1c1cccc(Cl)c1F. The molecule has 1 fully saturated rings. The Balaban J connectivity index is 2.24. The first-order chi connectivity index (χ1) is 12.8. The Morgan fingerprint density at radius 3 is 2.70 bits per heavy atom. The summed E-state index contributed by atoms with van der Waals surface area (Å²) >= 11 is 11.7. The summed E-state index contributed by atoms with van der Waals surface area (Å²) in [6.07, 6.45) is 0.131. The molecule has 0 aromatic heterocycles. The topological polar surface area (TPSA) is 64.3 Å². The van der Waals surface area contributed by atoms with Crippen LogP contribution in [-0.2, 0) is 10.2 Å². The van der Waals surface area contributed by atoms with Crippen LogP contribution in [0.4, 0.5) is 8.78 Å². The summed E-state index contributed by atoms with van der Waals surface area (Å²) in [6.45, 7) is -0.242. The van der Waals surface area contributed by atoms with E-state index < -0.39 is 35.6 Å². The molecular weight excluding hydrogens is 397 g/mol. The molecule has 27 heavy (non-hydrogen) atoms. The van der Waals surface area contributed by atoms with Gasteiger partial charge in [0.2, 0.25) is 0 Å². The molecule has 1 N–H and O–H groups in total. The van der Waals surface area contributed by atoms with E-state index in [1.54, 1.807) is 0 Å². The average Bonchev–Trinajstić information content (AvgIpc) is 2.96. The number of carboxylic acids is 1. The molecule has 0 aliphatic carbocycles. The molecule has 1 heterocycles. The van der Waals surface area contributed by atoms with Crippen molar-refractivity contribution in [2.75, 3.05) is 13.1 Å². The fourth-order valence-corrected chi connectivity index (χ4v) is 4.09. The van der Waals surface area contributed by atoms with E-state index in [1.807, 2.05) is 0 Å². The molecule has 0 amide bonds. The van der Waals surface area contributed by atoms with Gasteiger partial charge in [0.25, 0.3) is 0 Å². The van der Waals surface area contributed by atoms with Crippen LogP contribution in [-0.4, -0.2) is 29.1 Å². The molecule has 3 rings (SSSR count). The Bertz CT molecular complexity index is 948. The maximum atomic E-state index is 14.8. The predicted molar refractivity (Wildman–Crippen MR) is 96.7 cm³/mol. The number of carboxylic acid groups (broad SMARTS) is 1. The summed E-state index contributed by atoms with van der Waals surface area (Å²) in [7, 11) is 0. The lowest BCUT2D eigenvalue weighted by atomic mass is 9.72. The summed E-state index contributed by atoms with van der Waals surface area (Å²) in [5.74, 6) is -2.59. The van der Waals surface area contributed by atoms with E-state index >= 15 is 0 Å². The molecule has 0 bridgehead atoms. The molecule has 2 atom stereocenters. The molecule has 2 aromatic rings. The zero-order chi connectivity index (χ0) is 19.8. The predicted octanol–water partition coefficient (Wildman–Crippen LogP) is 4.56. The van der Waals surface area contributed by atoms with Crippen molar-refractivity contribution in [1.29, 1.82) is 5.26 Å². The van der Waals surface area contributed by atoms with Crippen LogP contribution in [0.5, 0.6) is 0 Å². The molecule has 0 radical (unpaired) electrons. The van der Waals surface area contributed by atoms with Gasteiger partial charge in [0.05, 0.1) is 23.7 Å². The highest BCUT2D eigenvalue weighted by molar-refractivity contribution is 6.31. The minimum Gasteiger partial charge on any atom is -0.480 e. The third-order valence-electron chi connectivity index (χ3n) is 4.85. The first-order valence-electron chi connectivity index (χ1n) is 8.06. The van der Waals surface area contributed by atoms with Crippen molar-refractivity contribution in [3.8, 4) is 6.07 Å². The van der Waals surface area contributed by atoms with Gasteiger partial charge in [-0.25, -0.2) is 8.78 Å². The lowest BCUT2D eigenvalue weighted by Gasteiger charge is -2.34. The molecule has 0 saturated carbocycles. The van der Waals surface area contributed by atoms with Crippen LogP contribution in [0.1, 0.15) is 23.6 Å². The van der Waals surface area contributed by atoms with Crippen molar-refractivity contribution in [1.82, 2.24) is 4.90 Å². The van der Waals surface area contributed by atoms with Crippen molar-refractivity contribution in [3.05, 3.63) is 69.2 Å². The quantitative estimate of drug-likeness (QED) is 0.801. The van der Waals surface area contributed by atoms with Crippen LogP contribution in [0.2, 0.25) is 10.0 Å². The van der Waals surface area contributed by atoms with Crippen LogP contribution < -0.4 is 0 Å². The van der Waals surface area contributed by atoms with Gasteiger partial charge < -0.3 is 5.11 Å². The Morgan fingerprint density at radius 2 is 2.07 bits per heavy atom. The Hall–Kier alpha value is -2.20. The van der Waals surface area contributed by atoms with Crippen molar-refractivity contribution in [3.63, 3.8) is 0 Å². The third-order valence-corrected chi connectivity index (χ3v) is 5.38. The highest BCUT2D eigenvalue weighted by Crippen LogP contribution is 2.50. The van der Waals surface area contributed by atoms with Gasteiger partial charge in [-0.3, -0.25) is 9.69 Å². The maximum Gasteiger partial charge on any atom is 0.317 e. The second-order valence-electron chi connectivity index (χ2n) is 6.37. The molecule has 2 aromatic carbocycles. The number of benzene rings is 2. The van der Waals surface area contributed by atoms with Crippen LogP contribution in [0.15, 0.2) is 36.4 Å². The van der Waals surface area contributed by atoms with E-state index in [4.69, 9.17) is 23.2 Å². The fourth-order valence-electron chi connectivity index (χ4n) is 3.75. The molecule has 1 aliphatic rings. The monoisotopic (exact) mass is 410 g/mol. The summed E-state index contributed by atoms with van der Waals surface area (Å²) < 4.78 is 29.5. The Morgan fingerprint density at radius 1 is 1.33 bits per heavy atom. The summed E-state index contributed by atoms with van der Waals surface area (Å²) in [5.41, 5.74) is -1.39. The number of likely N-dealkylation sites (tertiary alicyclic amines) is 1. The number of aliphatic carboxylic acids is 1. The van der Waals surface area contributed by atoms with Gasteiger partial charge in [0, 0.05) is 22.7 Å². The first kappa shape index (κ1) is 19.6. The van der Waals surface area contributed by atoms with Gasteiger partial charge in [-0.15, -0.1) is 0 Å². The van der Waals surface area contributed by atoms with Crippen molar-refractivity contribution < 1.29 is 18.7 Å². The van der Waals surface area contributed by atoms with E-state index in [2.05, 4.69) is 6.07 Å². The fraction of sp³-hybridized carbons (Fsp3) is 0.263. The zero-order valence-electron chi connectivity index (χ0n) is 13.9. The molecule has 140 valence electrons. The van der Waals surface area contributed by atoms with Gasteiger partial charge in [0.15, 0.2) is 0 Å². The summed E-state index contributed by atoms with van der Waals surface area (Å²) in [6, 6.07) is 9.33. The molecule has 1 saturated heterocycles. The summed E-state index contributed by atoms with van der Waals surface area (Å²) in [5, 5.41) is 19.3. The highest BCUT2D eigenvalue weighted by Gasteiger charge is 2.52. The Kier molecular flexibility index (Phi) is 5.38. The normalized spacial score (nSPS) is 22.6. The zero-order valence-corrected chi connectivity index (χ0v) is 15.4. The van der Waals surface area contributed by atoms with E-state index in [1.165, 1.54) is 35.2 Å². The molecule has 0 spiro atoms. The highest BCUT2D eigenvalue weighted by atomic mass is 35.5. The van der Waals surface area contributed by atoms with E-state index in [-0.39, 0.29) is 34.1 Å². The van der Waals surface area contributed by atoms with Crippen molar-refractivity contribution >= 4 is 29.2 Å². The van der Waals surface area contributed by atoms with Gasteiger partial charge in [0.1, 0.15) is 17.0 Å². The van der Waals surface area contributed by atoms with Crippen LogP contribution in [0.25, 0.3) is 0 Å². The molecular formula is C19H14Cl2F2N2O2. The number of halogens is 4. The average molecular weight is 411 g/mol. The Labute approximate surface area is 164 Å². The van der Waals surface area contributed by atoms with Gasteiger partial charge in [-0.1, -0.05) is 41.4 Å². The number of hydrogen-bond donors (Lipinski definition) is 1. The molecule has 0 unspecified atom stereocenters. The second-order valence-corrected chi connectivity index (χ2v) is 7.21. The van der Waals surface area contributed by atoms with E-state index in [0.717, 1.165) is 6.07 Å². The van der Waals surface area contributed by atoms with Crippen LogP contribution in [0, 0.1) is 23.0 Å². The number of hydrogen-bond acceptors (Lipinski definition) is 3. The van der Waals surface area contributed by atoms with Crippen molar-refractivity contribution in [2.45, 2.75) is 17.9 Å². The number of carbonyl (C=O) groups is 1. The number of rotatable bonds is 4. The standard InChI is InChI=1S/C19H14Cl2F2N2O2/c20-11-4-5-13(15(22)8-11)19(10-24)6-7-25(9-16(26)27)18(19)12-2-1-3-14(21)17(12)23/h1-5,8,18H,6-7,9H2,(H,26,27)/t18-,19+/m1/s1. The molecule has 1 aliphatic heterocycles. The van der Waals surface area contributed by atoms with Crippen LogP contribution >= 0.6 is 23.2 Å². The summed E-state index contributed by atoms with van der Waals surface area (Å²) in [4.78, 5) is 12.7. The lowest BCUT2D eigenvalue weighted by molar-refractivity contribution is -0.138. The third kappa shape index (κ3) is 3.39. The number of nitrogens with zero attached hydrogens (tertiary/aromatic N) is 2. The number of nitriles is 1. The minimum atomic E-state index is -1.49. The largest absolute Gasteiger partial charge is 0.480 e. The smallest absolute Gasteiger partial charge is 0.317 e. The van der Waals surface area contributed by atoms with Crippen LogP contribution in [0.3, 0.4) is 0 Å². The molecule has 8 heteroatoms. The lowest BCUT2D eigenvalue weighted by Crippen LogP contribution is -2.38. The second kappa shape index (κ2) is 7.43. The van der Waals surface area contributed by atoms with E-state index in [0.29, 0.717) is 0 Å². The maximum absolute atomic E-state index is 14.8. The molecule has 4 nitrogen and oxygen atoms in total. The van der Waals surface area contributed by atoms with E-state index in [9.17, 15) is 23.9 Å².